The monoisotopic (exact) mass is 423 g/mol. The summed E-state index contributed by atoms with van der Waals surface area (Å²) >= 11 is 0. The van der Waals surface area contributed by atoms with E-state index in [9.17, 15) is 4.79 Å². The molecule has 31 heavy (non-hydrogen) atoms. The molecule has 0 aromatic carbocycles. The number of nitrogens with zero attached hydrogens (tertiary/aromatic N) is 4. The van der Waals surface area contributed by atoms with Gasteiger partial charge in [-0.1, -0.05) is 0 Å². The summed E-state index contributed by atoms with van der Waals surface area (Å²) in [7, 11) is 0. The van der Waals surface area contributed by atoms with Crippen LogP contribution in [0.4, 0.5) is 0 Å². The first-order valence-corrected chi connectivity index (χ1v) is 11.7. The Morgan fingerprint density at radius 1 is 1.23 bits per heavy atom. The second-order valence-corrected chi connectivity index (χ2v) is 9.43. The van der Waals surface area contributed by atoms with Crippen LogP contribution in [0, 0.1) is 12.8 Å². The van der Waals surface area contributed by atoms with E-state index >= 15 is 0 Å². The molecule has 4 aliphatic rings. The van der Waals surface area contributed by atoms with Crippen LogP contribution in [0.2, 0.25) is 0 Å². The lowest BCUT2D eigenvalue weighted by molar-refractivity contribution is -0.129. The van der Waals surface area contributed by atoms with E-state index in [4.69, 9.17) is 9.40 Å². The Hall–Kier alpha value is -2.25. The number of piperidine rings is 4. The van der Waals surface area contributed by atoms with Gasteiger partial charge in [0.2, 0.25) is 5.91 Å². The third-order valence-electron chi connectivity index (χ3n) is 7.47. The van der Waals surface area contributed by atoms with Crippen molar-refractivity contribution in [2.75, 3.05) is 32.7 Å². The zero-order valence-electron chi connectivity index (χ0n) is 18.6. The number of aryl methyl sites for hydroxylation is 1. The average Bonchev–Trinajstić information content (AvgIpc) is 3.33. The van der Waals surface area contributed by atoms with E-state index in [0.29, 0.717) is 23.9 Å². The van der Waals surface area contributed by atoms with Gasteiger partial charge in [0.05, 0.1) is 6.26 Å². The fraction of sp³-hybridized carbons (Fsp3) is 0.625. The van der Waals surface area contributed by atoms with Crippen molar-refractivity contribution in [2.45, 2.75) is 57.5 Å². The van der Waals surface area contributed by atoms with Gasteiger partial charge in [0, 0.05) is 56.8 Å². The lowest BCUT2D eigenvalue weighted by Gasteiger charge is -2.50. The van der Waals surface area contributed by atoms with Crippen LogP contribution < -0.4 is 5.32 Å². The number of furan rings is 1. The lowest BCUT2D eigenvalue weighted by atomic mass is 9.74. The van der Waals surface area contributed by atoms with Crippen LogP contribution in [-0.2, 0) is 4.79 Å². The highest BCUT2D eigenvalue weighted by molar-refractivity contribution is 5.73. The molecule has 4 atom stereocenters. The molecule has 0 spiro atoms. The van der Waals surface area contributed by atoms with Crippen molar-refractivity contribution in [1.29, 1.82) is 0 Å². The molecule has 0 radical (unpaired) electrons. The van der Waals surface area contributed by atoms with Crippen LogP contribution in [0.5, 0.6) is 0 Å². The highest BCUT2D eigenvalue weighted by Gasteiger charge is 2.41. The maximum Gasteiger partial charge on any atom is 0.219 e. The Balaban J connectivity index is 1.20. The Bertz CT molecular complexity index is 907. The van der Waals surface area contributed by atoms with Crippen LogP contribution in [0.25, 0.3) is 11.5 Å². The van der Waals surface area contributed by atoms with Crippen LogP contribution in [-0.4, -0.2) is 70.5 Å². The Morgan fingerprint density at radius 2 is 2.06 bits per heavy atom. The zero-order chi connectivity index (χ0) is 21.4. The minimum absolute atomic E-state index is 0.204. The second-order valence-electron chi connectivity index (χ2n) is 9.43. The van der Waals surface area contributed by atoms with Gasteiger partial charge < -0.3 is 14.6 Å². The fourth-order valence-electron chi connectivity index (χ4n) is 5.72. The number of hydrogen-bond donors (Lipinski definition) is 1. The van der Waals surface area contributed by atoms with Gasteiger partial charge in [-0.05, 0) is 63.3 Å². The third kappa shape index (κ3) is 4.39. The molecule has 6 heterocycles. The highest BCUT2D eigenvalue weighted by atomic mass is 16.3. The van der Waals surface area contributed by atoms with Crippen LogP contribution in [0.15, 0.2) is 28.9 Å². The summed E-state index contributed by atoms with van der Waals surface area (Å²) in [4.78, 5) is 25.6. The minimum atomic E-state index is 0.204. The van der Waals surface area contributed by atoms with Crippen molar-refractivity contribution >= 4 is 5.91 Å². The summed E-state index contributed by atoms with van der Waals surface area (Å²) in [6.07, 6.45) is 6.30. The largest absolute Gasteiger partial charge is 0.463 e. The maximum atomic E-state index is 11.5. The van der Waals surface area contributed by atoms with E-state index in [0.717, 1.165) is 62.0 Å². The number of fused-ring (bicyclic) bond motifs is 3. The first kappa shape index (κ1) is 20.6. The van der Waals surface area contributed by atoms with E-state index in [2.05, 4.69) is 21.3 Å². The topological polar surface area (TPSA) is 74.5 Å². The molecule has 7 nitrogen and oxygen atoms in total. The molecule has 2 aromatic rings. The predicted molar refractivity (Wildman–Crippen MR) is 119 cm³/mol. The number of carbonyl (C=O) groups excluding carboxylic acids is 1. The highest BCUT2D eigenvalue weighted by Crippen LogP contribution is 2.41. The molecule has 1 amide bonds. The van der Waals surface area contributed by atoms with Crippen molar-refractivity contribution in [3.8, 4) is 11.5 Å². The summed E-state index contributed by atoms with van der Waals surface area (Å²) in [6, 6.07) is 7.14. The number of carbonyl (C=O) groups is 1. The lowest BCUT2D eigenvalue weighted by Crippen LogP contribution is -2.57. The average molecular weight is 424 g/mol. The fourth-order valence-corrected chi connectivity index (χ4v) is 5.72. The molecular formula is C24H33N5O2. The number of amides is 1. The summed E-state index contributed by atoms with van der Waals surface area (Å²) < 4.78 is 5.57. The van der Waals surface area contributed by atoms with Crippen LogP contribution in [0.3, 0.4) is 0 Å². The molecule has 0 saturated carbocycles. The van der Waals surface area contributed by atoms with Gasteiger partial charge in [-0.2, -0.15) is 0 Å². The summed E-state index contributed by atoms with van der Waals surface area (Å²) in [6.45, 7) is 8.73. The molecule has 4 fully saturated rings. The molecular weight excluding hydrogens is 390 g/mol. The van der Waals surface area contributed by atoms with E-state index < -0.39 is 0 Å². The number of likely N-dealkylation sites (tertiary alicyclic amines) is 1. The molecule has 2 aromatic heterocycles. The Morgan fingerprint density at radius 3 is 2.74 bits per heavy atom. The van der Waals surface area contributed by atoms with E-state index in [-0.39, 0.29) is 5.91 Å². The number of nitrogens with one attached hydrogen (secondary N) is 1. The van der Waals surface area contributed by atoms with Gasteiger partial charge in [-0.15, -0.1) is 0 Å². The first-order valence-electron chi connectivity index (χ1n) is 11.7. The summed E-state index contributed by atoms with van der Waals surface area (Å²) in [5.74, 6) is 2.98. The molecule has 166 valence electrons. The first-order chi connectivity index (χ1) is 15.1. The number of hydrogen-bond acceptors (Lipinski definition) is 6. The molecule has 4 aliphatic heterocycles. The van der Waals surface area contributed by atoms with Crippen molar-refractivity contribution in [1.82, 2.24) is 25.1 Å². The van der Waals surface area contributed by atoms with E-state index in [1.165, 1.54) is 19.4 Å². The molecule has 6 rings (SSSR count). The van der Waals surface area contributed by atoms with Gasteiger partial charge in [-0.3, -0.25) is 9.69 Å². The van der Waals surface area contributed by atoms with Crippen molar-refractivity contribution < 1.29 is 9.21 Å². The smallest absolute Gasteiger partial charge is 0.219 e. The van der Waals surface area contributed by atoms with Gasteiger partial charge in [0.25, 0.3) is 0 Å². The number of rotatable bonds is 5. The molecule has 1 N–H and O–H groups in total. The van der Waals surface area contributed by atoms with E-state index in [1.807, 2.05) is 24.0 Å². The zero-order valence-corrected chi connectivity index (χ0v) is 18.6. The van der Waals surface area contributed by atoms with Crippen molar-refractivity contribution in [3.63, 3.8) is 0 Å². The maximum absolute atomic E-state index is 11.5. The van der Waals surface area contributed by atoms with Crippen molar-refractivity contribution in [3.05, 3.63) is 36.0 Å². The van der Waals surface area contributed by atoms with Gasteiger partial charge in [-0.25, -0.2) is 9.97 Å². The van der Waals surface area contributed by atoms with E-state index in [1.54, 1.807) is 13.2 Å². The predicted octanol–water partition coefficient (Wildman–Crippen LogP) is 2.82. The number of aromatic nitrogens is 2. The standard InChI is InChI=1S/C24H33N5O2/c1-16-26-22(13-23(27-16)24-4-3-11-31-24)21-15-29-8-5-18(21)12-20(29)14-25-19-6-9-28(10-7-19)17(2)30/h3-4,11,13,18-21,25H,5-10,12,14-15H2,1-2H3/t18-,20+,21+/m0/s1. The third-order valence-corrected chi connectivity index (χ3v) is 7.47. The molecule has 4 saturated heterocycles. The molecule has 7 heteroatoms. The van der Waals surface area contributed by atoms with Crippen LogP contribution in [0.1, 0.15) is 50.0 Å². The van der Waals surface area contributed by atoms with Gasteiger partial charge in [0.15, 0.2) is 5.76 Å². The van der Waals surface area contributed by atoms with Crippen molar-refractivity contribution in [2.24, 2.45) is 5.92 Å². The molecule has 1 unspecified atom stereocenters. The normalized spacial score (nSPS) is 28.8. The minimum Gasteiger partial charge on any atom is -0.463 e. The SMILES string of the molecule is CC(=O)N1CCC(NC[C@H]2C[C@@H]3CCN2C[C@H]3c2cc(-c3ccco3)nc(C)n2)CC1. The van der Waals surface area contributed by atoms with Gasteiger partial charge >= 0.3 is 0 Å². The summed E-state index contributed by atoms with van der Waals surface area (Å²) in [5, 5.41) is 3.81. The molecule has 2 bridgehead atoms. The quantitative estimate of drug-likeness (QED) is 0.797. The Kier molecular flexibility index (Phi) is 5.80. The summed E-state index contributed by atoms with van der Waals surface area (Å²) in [5.41, 5.74) is 2.05. The molecule has 0 aliphatic carbocycles. The Labute approximate surface area is 184 Å². The van der Waals surface area contributed by atoms with Crippen LogP contribution >= 0.6 is 0 Å². The second kappa shape index (κ2) is 8.71. The van der Waals surface area contributed by atoms with Gasteiger partial charge in [0.1, 0.15) is 11.5 Å².